The number of nitrogens with zero attached hydrogens (tertiary/aromatic N) is 6. The first kappa shape index (κ1) is 17.4. The highest BCUT2D eigenvalue weighted by molar-refractivity contribution is 5.81. The van der Waals surface area contributed by atoms with E-state index in [1.165, 1.54) is 10.9 Å². The lowest BCUT2D eigenvalue weighted by molar-refractivity contribution is 0.565. The van der Waals surface area contributed by atoms with Crippen LogP contribution in [0.25, 0.3) is 11.2 Å². The van der Waals surface area contributed by atoms with Crippen LogP contribution in [0, 0.1) is 0 Å². The molecule has 0 aliphatic heterocycles. The SMILES string of the molecule is CC(C)n1ccc(N)nc1=O.CC(C)n1cnc2c(N)ncnc21. The molecule has 0 amide bonds. The summed E-state index contributed by atoms with van der Waals surface area (Å²) in [6.07, 6.45) is 4.84. The summed E-state index contributed by atoms with van der Waals surface area (Å²) in [5.41, 5.74) is 12.1. The van der Waals surface area contributed by atoms with E-state index in [1.54, 1.807) is 18.6 Å². The van der Waals surface area contributed by atoms with Crippen LogP contribution in [0.2, 0.25) is 0 Å². The summed E-state index contributed by atoms with van der Waals surface area (Å²) in [4.78, 5) is 26.8. The van der Waals surface area contributed by atoms with Crippen molar-refractivity contribution in [3.8, 4) is 0 Å². The average Bonchev–Trinajstić information content (AvgIpc) is 2.93. The molecule has 0 aliphatic rings. The van der Waals surface area contributed by atoms with Crippen LogP contribution in [-0.4, -0.2) is 29.1 Å². The van der Waals surface area contributed by atoms with Gasteiger partial charge in [0.05, 0.1) is 6.33 Å². The van der Waals surface area contributed by atoms with Gasteiger partial charge in [-0.25, -0.2) is 19.7 Å². The van der Waals surface area contributed by atoms with Crippen molar-refractivity contribution in [2.75, 3.05) is 11.5 Å². The maximum atomic E-state index is 11.1. The van der Waals surface area contributed by atoms with Gasteiger partial charge >= 0.3 is 5.69 Å². The Bertz CT molecular complexity index is 881. The maximum absolute atomic E-state index is 11.1. The van der Waals surface area contributed by atoms with Gasteiger partial charge in [-0.15, -0.1) is 0 Å². The van der Waals surface area contributed by atoms with Crippen LogP contribution in [0.1, 0.15) is 39.8 Å². The van der Waals surface area contributed by atoms with E-state index in [1.807, 2.05) is 18.4 Å². The number of nitrogens with two attached hydrogens (primary N) is 2. The van der Waals surface area contributed by atoms with Crippen molar-refractivity contribution < 1.29 is 0 Å². The van der Waals surface area contributed by atoms with Gasteiger partial charge in [-0.1, -0.05) is 0 Å². The second-order valence-corrected chi connectivity index (χ2v) is 5.81. The third kappa shape index (κ3) is 3.67. The van der Waals surface area contributed by atoms with Crippen molar-refractivity contribution in [2.24, 2.45) is 0 Å². The Morgan fingerprint density at radius 2 is 1.67 bits per heavy atom. The number of nitrogen functional groups attached to an aromatic ring is 2. The zero-order valence-electron chi connectivity index (χ0n) is 14.2. The van der Waals surface area contributed by atoms with Crippen LogP contribution in [0.15, 0.2) is 29.7 Å². The van der Waals surface area contributed by atoms with E-state index in [0.717, 1.165) is 5.65 Å². The monoisotopic (exact) mass is 330 g/mol. The molecule has 3 heterocycles. The van der Waals surface area contributed by atoms with Crippen LogP contribution in [-0.2, 0) is 0 Å². The second-order valence-electron chi connectivity index (χ2n) is 5.81. The number of fused-ring (bicyclic) bond motifs is 1. The standard InChI is InChI=1S/C8H11N5.C7H11N3O/c1-5(2)13-4-12-6-7(9)10-3-11-8(6)13;1-5(2)10-4-3-6(8)9-7(10)11/h3-5H,1-2H3,(H2,9,10,11);3-5H,1-2H3,(H2,8,9,11). The first-order valence-corrected chi connectivity index (χ1v) is 7.59. The van der Waals surface area contributed by atoms with Gasteiger partial charge < -0.3 is 16.0 Å². The highest BCUT2D eigenvalue weighted by atomic mass is 16.1. The minimum absolute atomic E-state index is 0.135. The van der Waals surface area contributed by atoms with Gasteiger partial charge in [0.25, 0.3) is 0 Å². The molecular weight excluding hydrogens is 308 g/mol. The van der Waals surface area contributed by atoms with Gasteiger partial charge in [-0.3, -0.25) is 4.57 Å². The van der Waals surface area contributed by atoms with Crippen molar-refractivity contribution in [1.29, 1.82) is 0 Å². The Morgan fingerprint density at radius 3 is 2.25 bits per heavy atom. The van der Waals surface area contributed by atoms with E-state index in [0.29, 0.717) is 17.4 Å². The molecule has 0 atom stereocenters. The van der Waals surface area contributed by atoms with E-state index >= 15 is 0 Å². The molecule has 0 bridgehead atoms. The quantitative estimate of drug-likeness (QED) is 0.726. The summed E-state index contributed by atoms with van der Waals surface area (Å²) in [6.45, 7) is 7.97. The van der Waals surface area contributed by atoms with Crippen molar-refractivity contribution in [3.63, 3.8) is 0 Å². The van der Waals surface area contributed by atoms with E-state index in [9.17, 15) is 4.79 Å². The summed E-state index contributed by atoms with van der Waals surface area (Å²) in [5, 5.41) is 0. The minimum Gasteiger partial charge on any atom is -0.383 e. The molecule has 3 aromatic heterocycles. The highest BCUT2D eigenvalue weighted by Crippen LogP contribution is 2.17. The van der Waals surface area contributed by atoms with Crippen LogP contribution >= 0.6 is 0 Å². The number of anilines is 2. The number of aromatic nitrogens is 6. The first-order chi connectivity index (χ1) is 11.3. The molecule has 3 aromatic rings. The molecule has 0 saturated carbocycles. The fourth-order valence-corrected chi connectivity index (χ4v) is 2.07. The maximum Gasteiger partial charge on any atom is 0.349 e. The minimum atomic E-state index is -0.292. The van der Waals surface area contributed by atoms with Crippen LogP contribution in [0.4, 0.5) is 11.6 Å². The molecule has 4 N–H and O–H groups in total. The second kappa shape index (κ2) is 7.07. The highest BCUT2D eigenvalue weighted by Gasteiger charge is 2.08. The van der Waals surface area contributed by atoms with Gasteiger partial charge in [-0.2, -0.15) is 4.98 Å². The molecule has 0 spiro atoms. The Labute approximate surface area is 139 Å². The van der Waals surface area contributed by atoms with Crippen molar-refractivity contribution in [2.45, 2.75) is 39.8 Å². The van der Waals surface area contributed by atoms with Crippen molar-refractivity contribution in [1.82, 2.24) is 29.1 Å². The van der Waals surface area contributed by atoms with Crippen LogP contribution < -0.4 is 17.2 Å². The molecule has 0 saturated heterocycles. The number of hydrogen-bond donors (Lipinski definition) is 2. The summed E-state index contributed by atoms with van der Waals surface area (Å²) in [5.74, 6) is 0.705. The molecule has 9 heteroatoms. The summed E-state index contributed by atoms with van der Waals surface area (Å²) in [6, 6.07) is 2.08. The average molecular weight is 330 g/mol. The van der Waals surface area contributed by atoms with E-state index in [4.69, 9.17) is 11.5 Å². The number of rotatable bonds is 2. The topological polar surface area (TPSA) is 131 Å². The molecule has 9 nitrogen and oxygen atoms in total. The molecule has 128 valence electrons. The Hall–Kier alpha value is -2.97. The smallest absolute Gasteiger partial charge is 0.349 e. The fraction of sp³-hybridized carbons (Fsp3) is 0.400. The molecule has 0 fully saturated rings. The van der Waals surface area contributed by atoms with Crippen molar-refractivity contribution in [3.05, 3.63) is 35.4 Å². The largest absolute Gasteiger partial charge is 0.383 e. The third-order valence-electron chi connectivity index (χ3n) is 3.35. The van der Waals surface area contributed by atoms with Gasteiger partial charge in [0.15, 0.2) is 11.5 Å². The molecule has 24 heavy (non-hydrogen) atoms. The lowest BCUT2D eigenvalue weighted by atomic mass is 10.4. The normalized spacial score (nSPS) is 10.9. The summed E-state index contributed by atoms with van der Waals surface area (Å²) < 4.78 is 3.49. The zero-order chi connectivity index (χ0) is 17.9. The Balaban J connectivity index is 0.000000177. The lowest BCUT2D eigenvalue weighted by Gasteiger charge is -2.07. The fourth-order valence-electron chi connectivity index (χ4n) is 2.07. The lowest BCUT2D eigenvalue weighted by Crippen LogP contribution is -2.24. The van der Waals surface area contributed by atoms with E-state index < -0.39 is 0 Å². The van der Waals surface area contributed by atoms with Gasteiger partial charge in [0.1, 0.15) is 17.7 Å². The van der Waals surface area contributed by atoms with E-state index in [-0.39, 0.29) is 17.5 Å². The molecule has 0 radical (unpaired) electrons. The van der Waals surface area contributed by atoms with Crippen molar-refractivity contribution >= 4 is 22.8 Å². The van der Waals surface area contributed by atoms with E-state index in [2.05, 4.69) is 33.8 Å². The number of hydrogen-bond acceptors (Lipinski definition) is 7. The predicted molar refractivity (Wildman–Crippen MR) is 93.4 cm³/mol. The third-order valence-corrected chi connectivity index (χ3v) is 3.35. The predicted octanol–water partition coefficient (Wildman–Crippen LogP) is 1.40. The van der Waals surface area contributed by atoms with Crippen LogP contribution in [0.3, 0.4) is 0 Å². The Morgan fingerprint density at radius 1 is 1.00 bits per heavy atom. The zero-order valence-corrected chi connectivity index (χ0v) is 14.2. The van der Waals surface area contributed by atoms with Gasteiger partial charge in [0.2, 0.25) is 0 Å². The Kier molecular flexibility index (Phi) is 5.12. The molecule has 3 rings (SSSR count). The summed E-state index contributed by atoms with van der Waals surface area (Å²) in [7, 11) is 0. The molecule has 0 unspecified atom stereocenters. The van der Waals surface area contributed by atoms with Crippen LogP contribution in [0.5, 0.6) is 0 Å². The van der Waals surface area contributed by atoms with Gasteiger partial charge in [0, 0.05) is 18.3 Å². The number of imidazole rings is 1. The molecular formula is C15H22N8O. The first-order valence-electron chi connectivity index (χ1n) is 7.59. The molecule has 0 aromatic carbocycles. The van der Waals surface area contributed by atoms with Gasteiger partial charge in [-0.05, 0) is 33.8 Å². The summed E-state index contributed by atoms with van der Waals surface area (Å²) >= 11 is 0. The molecule has 0 aliphatic carbocycles.